The van der Waals surface area contributed by atoms with Gasteiger partial charge in [0.25, 0.3) is 0 Å². The summed E-state index contributed by atoms with van der Waals surface area (Å²) in [6.07, 6.45) is 1.99. The van der Waals surface area contributed by atoms with Crippen LogP contribution in [0, 0.1) is 0 Å². The molecule has 2 aromatic rings. The summed E-state index contributed by atoms with van der Waals surface area (Å²) >= 11 is 1.23. The number of hydrogen-bond acceptors (Lipinski definition) is 8. The molecule has 1 amide bonds. The van der Waals surface area contributed by atoms with Crippen molar-refractivity contribution < 1.29 is 24.0 Å². The van der Waals surface area contributed by atoms with Crippen molar-refractivity contribution in [1.29, 1.82) is 0 Å². The van der Waals surface area contributed by atoms with E-state index >= 15 is 0 Å². The zero-order valence-electron chi connectivity index (χ0n) is 14.0. The van der Waals surface area contributed by atoms with E-state index in [2.05, 4.69) is 20.4 Å². The number of nitrogens with one attached hydrogen (secondary N) is 1. The predicted octanol–water partition coefficient (Wildman–Crippen LogP) is 0.970. The molecule has 1 N–H and O–H groups in total. The number of carbonyl (C=O) groups excluding carboxylic acids is 2. The van der Waals surface area contributed by atoms with Gasteiger partial charge in [-0.3, -0.25) is 10.2 Å². The van der Waals surface area contributed by atoms with Crippen LogP contribution in [0.5, 0.6) is 0 Å². The largest absolute Gasteiger partial charge is 0.543 e. The molecule has 1 atom stereocenters. The van der Waals surface area contributed by atoms with Crippen LogP contribution in [0.2, 0.25) is 0 Å². The summed E-state index contributed by atoms with van der Waals surface area (Å²) in [7, 11) is 1.25. The van der Waals surface area contributed by atoms with Gasteiger partial charge in [-0.15, -0.1) is 11.3 Å². The zero-order chi connectivity index (χ0) is 18.7. The Morgan fingerprint density at radius 2 is 2.31 bits per heavy atom. The predicted molar refractivity (Wildman–Crippen MR) is 91.7 cm³/mol. The quantitative estimate of drug-likeness (QED) is 0.614. The minimum Gasteiger partial charge on any atom is -0.543 e. The number of carboxylic acids is 1. The van der Waals surface area contributed by atoms with Crippen LogP contribution < -0.4 is 10.5 Å². The van der Waals surface area contributed by atoms with Crippen molar-refractivity contribution in [2.24, 2.45) is 10.1 Å². The first-order chi connectivity index (χ1) is 12.5. The third kappa shape index (κ3) is 3.59. The van der Waals surface area contributed by atoms with Crippen molar-refractivity contribution in [1.82, 2.24) is 10.4 Å². The number of carboxylic acid groups (broad SMARTS) is 1. The summed E-state index contributed by atoms with van der Waals surface area (Å²) in [5.74, 6) is -0.400. The number of amides is 1. The van der Waals surface area contributed by atoms with Crippen LogP contribution in [0.1, 0.15) is 30.7 Å². The topological polar surface area (TPSA) is 120 Å². The molecule has 136 valence electrons. The molecule has 1 fully saturated rings. The van der Waals surface area contributed by atoms with Gasteiger partial charge >= 0.3 is 0 Å². The van der Waals surface area contributed by atoms with Crippen LogP contribution in [0.25, 0.3) is 0 Å². The van der Waals surface area contributed by atoms with Crippen molar-refractivity contribution in [2.75, 3.05) is 7.11 Å². The molecule has 0 bridgehead atoms. The molecule has 9 nitrogen and oxygen atoms in total. The first-order valence-electron chi connectivity index (χ1n) is 7.58. The van der Waals surface area contributed by atoms with Crippen molar-refractivity contribution in [3.63, 3.8) is 0 Å². The minimum absolute atomic E-state index is 0.171. The Bertz CT molecular complexity index is 871. The molecule has 3 heterocycles. The van der Waals surface area contributed by atoms with Crippen molar-refractivity contribution >= 4 is 39.8 Å². The standard InChI is InChI=1S/C16H16N4O5S/c1-9(21)20-11(12-4-3-5-25-12)7-13(18-20)17-14-6-10(8-26-14)15(16(22)23)19-24-2/h3-6,8,11H,7H2,1-2H3,(H,17,18)(H,22,23)/p-1/b19-15+/t11-/m1/s1. The highest BCUT2D eigenvalue weighted by Gasteiger charge is 2.34. The highest BCUT2D eigenvalue weighted by molar-refractivity contribution is 7.14. The maximum atomic E-state index is 11.9. The number of nitrogens with zero attached hydrogens (tertiary/aromatic N) is 3. The monoisotopic (exact) mass is 375 g/mol. The SMILES string of the molecule is CO/N=C(/C(=O)[O-])c1csc(/N=C2/C[C@H](c3ccco3)N(C(C)=O)N2)c1. The van der Waals surface area contributed by atoms with E-state index in [1.54, 1.807) is 29.8 Å². The number of hydrazine groups is 1. The maximum absolute atomic E-state index is 11.9. The van der Waals surface area contributed by atoms with Gasteiger partial charge in [0.05, 0.1) is 12.2 Å². The van der Waals surface area contributed by atoms with E-state index in [1.807, 2.05) is 0 Å². The summed E-state index contributed by atoms with van der Waals surface area (Å²) in [6.45, 7) is 1.45. The first-order valence-corrected chi connectivity index (χ1v) is 8.46. The zero-order valence-corrected chi connectivity index (χ0v) is 14.8. The Morgan fingerprint density at radius 3 is 2.92 bits per heavy atom. The van der Waals surface area contributed by atoms with Crippen molar-refractivity contribution in [2.45, 2.75) is 19.4 Å². The second-order valence-corrected chi connectivity index (χ2v) is 6.27. The molecule has 0 aromatic carbocycles. The van der Waals surface area contributed by atoms with Gasteiger partial charge in [-0.25, -0.2) is 10.0 Å². The van der Waals surface area contributed by atoms with Crippen LogP contribution in [0.15, 0.2) is 44.4 Å². The van der Waals surface area contributed by atoms with Crippen LogP contribution >= 0.6 is 11.3 Å². The first kappa shape index (κ1) is 17.7. The number of furan rings is 1. The summed E-state index contributed by atoms with van der Waals surface area (Å²) in [5, 5.41) is 18.2. The van der Waals surface area contributed by atoms with Crippen LogP contribution in [-0.4, -0.2) is 35.5 Å². The van der Waals surface area contributed by atoms with Gasteiger partial charge in [-0.1, -0.05) is 5.16 Å². The van der Waals surface area contributed by atoms with Gasteiger partial charge in [-0.05, 0) is 18.2 Å². The number of carbonyl (C=O) groups is 2. The average molecular weight is 375 g/mol. The van der Waals surface area contributed by atoms with E-state index in [0.717, 1.165) is 0 Å². The molecule has 0 radical (unpaired) electrons. The summed E-state index contributed by atoms with van der Waals surface area (Å²) in [5.41, 5.74) is 2.98. The van der Waals surface area contributed by atoms with E-state index in [-0.39, 0.29) is 17.7 Å². The average Bonchev–Trinajstić information content (AvgIpc) is 3.32. The third-order valence-electron chi connectivity index (χ3n) is 3.64. The highest BCUT2D eigenvalue weighted by atomic mass is 32.1. The maximum Gasteiger partial charge on any atom is 0.238 e. The normalized spacial score (nSPS) is 18.8. The van der Waals surface area contributed by atoms with E-state index in [4.69, 9.17) is 4.42 Å². The smallest absolute Gasteiger partial charge is 0.238 e. The lowest BCUT2D eigenvalue weighted by atomic mass is 10.1. The van der Waals surface area contributed by atoms with Gasteiger partial charge in [0, 0.05) is 24.3 Å². The van der Waals surface area contributed by atoms with Gasteiger partial charge in [0.15, 0.2) is 0 Å². The molecule has 1 aliphatic heterocycles. The Morgan fingerprint density at radius 1 is 1.50 bits per heavy atom. The Hall–Kier alpha value is -3.14. The number of amidine groups is 1. The lowest BCUT2D eigenvalue weighted by Crippen LogP contribution is -2.38. The van der Waals surface area contributed by atoms with E-state index < -0.39 is 5.97 Å². The number of thiophene rings is 1. The summed E-state index contributed by atoms with van der Waals surface area (Å²) in [6, 6.07) is 4.81. The van der Waals surface area contributed by atoms with Crippen LogP contribution in [0.3, 0.4) is 0 Å². The fourth-order valence-electron chi connectivity index (χ4n) is 2.55. The molecular weight excluding hydrogens is 360 g/mol. The molecule has 2 aromatic heterocycles. The summed E-state index contributed by atoms with van der Waals surface area (Å²) < 4.78 is 5.40. The number of oxime groups is 1. The van der Waals surface area contributed by atoms with Crippen LogP contribution in [-0.2, 0) is 14.4 Å². The number of aliphatic imine (C=N–C) groups is 1. The molecule has 26 heavy (non-hydrogen) atoms. The lowest BCUT2D eigenvalue weighted by Gasteiger charge is -2.20. The number of rotatable bonds is 5. The Kier molecular flexibility index (Phi) is 5.03. The lowest BCUT2D eigenvalue weighted by molar-refractivity contribution is -0.294. The van der Waals surface area contributed by atoms with E-state index in [0.29, 0.717) is 28.6 Å². The molecular formula is C16H15N4O5S-. The third-order valence-corrected chi connectivity index (χ3v) is 4.46. The van der Waals surface area contributed by atoms with E-state index in [9.17, 15) is 14.7 Å². The van der Waals surface area contributed by atoms with Gasteiger partial charge in [-0.2, -0.15) is 0 Å². The van der Waals surface area contributed by atoms with E-state index in [1.165, 1.54) is 30.4 Å². The Labute approximate surface area is 152 Å². The number of aliphatic carboxylic acids is 1. The van der Waals surface area contributed by atoms with Gasteiger partial charge in [0.2, 0.25) is 5.91 Å². The molecule has 0 saturated carbocycles. The van der Waals surface area contributed by atoms with Crippen molar-refractivity contribution in [3.05, 3.63) is 41.2 Å². The Balaban J connectivity index is 1.84. The molecule has 0 spiro atoms. The summed E-state index contributed by atoms with van der Waals surface area (Å²) in [4.78, 5) is 32.0. The molecule has 3 rings (SSSR count). The highest BCUT2D eigenvalue weighted by Crippen LogP contribution is 2.31. The molecule has 1 saturated heterocycles. The second-order valence-electron chi connectivity index (χ2n) is 5.38. The van der Waals surface area contributed by atoms with Crippen LogP contribution in [0.4, 0.5) is 5.00 Å². The molecule has 0 unspecified atom stereocenters. The molecule has 10 heteroatoms. The fraction of sp³-hybridized carbons (Fsp3) is 0.250. The molecule has 0 aliphatic carbocycles. The molecule has 1 aliphatic rings. The van der Waals surface area contributed by atoms with Gasteiger partial charge < -0.3 is 19.2 Å². The minimum atomic E-state index is -1.44. The van der Waals surface area contributed by atoms with Crippen molar-refractivity contribution in [3.8, 4) is 0 Å². The fourth-order valence-corrected chi connectivity index (χ4v) is 3.34. The second kappa shape index (κ2) is 7.40. The van der Waals surface area contributed by atoms with Gasteiger partial charge in [0.1, 0.15) is 35.5 Å². The number of hydrogen-bond donors (Lipinski definition) is 1.